The van der Waals surface area contributed by atoms with Crippen LogP contribution in [0.25, 0.3) is 0 Å². The third-order valence-electron chi connectivity index (χ3n) is 1.72. The minimum atomic E-state index is -4.42. The summed E-state index contributed by atoms with van der Waals surface area (Å²) in [5, 5.41) is 3.26. The van der Waals surface area contributed by atoms with Crippen molar-refractivity contribution in [3.05, 3.63) is 0 Å². The van der Waals surface area contributed by atoms with Crippen molar-refractivity contribution in [1.82, 2.24) is 5.32 Å². The summed E-state index contributed by atoms with van der Waals surface area (Å²) in [4.78, 5) is 0. The normalized spacial score (nSPS) is 20.3. The SMILES string of the molecule is CCC1CNCCO1.CCOS(=O)(=O)[O-].[Na+]. The second-order valence-corrected chi connectivity index (χ2v) is 3.97. The summed E-state index contributed by atoms with van der Waals surface area (Å²) < 4.78 is 37.4. The summed E-state index contributed by atoms with van der Waals surface area (Å²) in [6.45, 7) is 6.43. The van der Waals surface area contributed by atoms with Crippen LogP contribution in [0.15, 0.2) is 0 Å². The van der Waals surface area contributed by atoms with Crippen LogP contribution in [0.3, 0.4) is 0 Å². The third-order valence-corrected chi connectivity index (χ3v) is 2.25. The average Bonchev–Trinajstić information content (AvgIpc) is 2.18. The molecule has 1 rings (SSSR count). The van der Waals surface area contributed by atoms with Gasteiger partial charge in [-0.3, -0.25) is 4.18 Å². The quantitative estimate of drug-likeness (QED) is 0.329. The monoisotopic (exact) mass is 263 g/mol. The van der Waals surface area contributed by atoms with Crippen LogP contribution in [-0.4, -0.2) is 45.4 Å². The molecule has 1 heterocycles. The van der Waals surface area contributed by atoms with Crippen LogP contribution in [-0.2, 0) is 19.3 Å². The molecule has 6 nitrogen and oxygen atoms in total. The molecule has 16 heavy (non-hydrogen) atoms. The Labute approximate surface area is 119 Å². The largest absolute Gasteiger partial charge is 1.00 e. The topological polar surface area (TPSA) is 87.7 Å². The first-order valence-corrected chi connectivity index (χ1v) is 6.25. The van der Waals surface area contributed by atoms with Crippen LogP contribution >= 0.6 is 0 Å². The van der Waals surface area contributed by atoms with Crippen molar-refractivity contribution >= 4 is 10.4 Å². The van der Waals surface area contributed by atoms with Gasteiger partial charge in [0.2, 0.25) is 10.4 Å². The maximum absolute atomic E-state index is 9.45. The molecule has 0 aromatic heterocycles. The molecule has 1 fully saturated rings. The average molecular weight is 263 g/mol. The fraction of sp³-hybridized carbons (Fsp3) is 1.00. The van der Waals surface area contributed by atoms with Crippen molar-refractivity contribution in [2.75, 3.05) is 26.3 Å². The Morgan fingerprint density at radius 2 is 2.12 bits per heavy atom. The second-order valence-electron chi connectivity index (χ2n) is 2.92. The first kappa shape index (κ1) is 19.1. The summed E-state index contributed by atoms with van der Waals surface area (Å²) in [7, 11) is -4.42. The van der Waals surface area contributed by atoms with Crippen LogP contribution in [0.5, 0.6) is 0 Å². The summed E-state index contributed by atoms with van der Waals surface area (Å²) in [5.74, 6) is 0. The van der Waals surface area contributed by atoms with E-state index >= 15 is 0 Å². The van der Waals surface area contributed by atoms with E-state index in [9.17, 15) is 13.0 Å². The molecular formula is C8H18NNaO5S. The van der Waals surface area contributed by atoms with E-state index in [1.165, 1.54) is 6.92 Å². The summed E-state index contributed by atoms with van der Waals surface area (Å²) >= 11 is 0. The molecule has 1 saturated heterocycles. The summed E-state index contributed by atoms with van der Waals surface area (Å²) in [5.41, 5.74) is 0. The van der Waals surface area contributed by atoms with Crippen molar-refractivity contribution in [1.29, 1.82) is 0 Å². The molecule has 1 unspecified atom stereocenters. The van der Waals surface area contributed by atoms with E-state index in [2.05, 4.69) is 16.4 Å². The Kier molecular flexibility index (Phi) is 13.1. The van der Waals surface area contributed by atoms with Crippen molar-refractivity contribution in [2.45, 2.75) is 26.4 Å². The van der Waals surface area contributed by atoms with Gasteiger partial charge in [-0.05, 0) is 13.3 Å². The van der Waals surface area contributed by atoms with Crippen molar-refractivity contribution < 1.29 is 51.4 Å². The van der Waals surface area contributed by atoms with E-state index < -0.39 is 10.4 Å². The van der Waals surface area contributed by atoms with E-state index in [1.807, 2.05) is 0 Å². The van der Waals surface area contributed by atoms with E-state index in [0.29, 0.717) is 6.10 Å². The number of hydrogen-bond acceptors (Lipinski definition) is 6. The number of hydrogen-bond donors (Lipinski definition) is 1. The first-order valence-electron chi connectivity index (χ1n) is 4.92. The van der Waals surface area contributed by atoms with Gasteiger partial charge in [-0.25, -0.2) is 8.42 Å². The standard InChI is InChI=1S/C6H13NO.C2H6O4S.Na/c1-2-6-5-7-3-4-8-6;1-2-6-7(3,4)5;/h6-7H,2-5H2,1H3;2H2,1H3,(H,3,4,5);/q;;+1/p-1. The van der Waals surface area contributed by atoms with Crippen LogP contribution < -0.4 is 34.9 Å². The van der Waals surface area contributed by atoms with Gasteiger partial charge in [0, 0.05) is 13.1 Å². The molecule has 0 spiro atoms. The molecule has 0 aromatic carbocycles. The van der Waals surface area contributed by atoms with Gasteiger partial charge in [0.15, 0.2) is 0 Å². The molecule has 0 aromatic rings. The van der Waals surface area contributed by atoms with Gasteiger partial charge in [-0.2, -0.15) is 0 Å². The third kappa shape index (κ3) is 12.9. The molecule has 1 N–H and O–H groups in total. The van der Waals surface area contributed by atoms with E-state index in [4.69, 9.17) is 4.74 Å². The maximum atomic E-state index is 9.45. The number of morpholine rings is 1. The summed E-state index contributed by atoms with van der Waals surface area (Å²) in [6, 6.07) is 0. The predicted molar refractivity (Wildman–Crippen MR) is 54.2 cm³/mol. The van der Waals surface area contributed by atoms with Gasteiger partial charge < -0.3 is 14.6 Å². The molecule has 8 heteroatoms. The zero-order valence-electron chi connectivity index (χ0n) is 10.1. The number of nitrogens with one attached hydrogen (secondary N) is 1. The summed E-state index contributed by atoms with van der Waals surface area (Å²) in [6.07, 6.45) is 1.61. The number of ether oxygens (including phenoxy) is 1. The van der Waals surface area contributed by atoms with Crippen molar-refractivity contribution in [2.24, 2.45) is 0 Å². The Morgan fingerprint density at radius 1 is 1.50 bits per heavy atom. The molecule has 0 amide bonds. The van der Waals surface area contributed by atoms with Crippen LogP contribution in [0, 0.1) is 0 Å². The second kappa shape index (κ2) is 10.9. The Hall–Kier alpha value is 0.790. The van der Waals surface area contributed by atoms with Crippen molar-refractivity contribution in [3.63, 3.8) is 0 Å². The van der Waals surface area contributed by atoms with Crippen molar-refractivity contribution in [3.8, 4) is 0 Å². The van der Waals surface area contributed by atoms with E-state index in [-0.39, 0.29) is 36.2 Å². The molecule has 1 aliphatic heterocycles. The van der Waals surface area contributed by atoms with Gasteiger partial charge in [0.1, 0.15) is 0 Å². The molecular weight excluding hydrogens is 245 g/mol. The molecule has 0 radical (unpaired) electrons. The molecule has 0 bridgehead atoms. The Balaban J connectivity index is 0. The number of rotatable bonds is 3. The minimum Gasteiger partial charge on any atom is -0.726 e. The zero-order valence-corrected chi connectivity index (χ0v) is 12.9. The molecule has 0 saturated carbocycles. The van der Waals surface area contributed by atoms with Gasteiger partial charge in [-0.15, -0.1) is 0 Å². The van der Waals surface area contributed by atoms with Gasteiger partial charge in [0.25, 0.3) is 0 Å². The molecule has 0 aliphatic carbocycles. The molecule has 92 valence electrons. The van der Waals surface area contributed by atoms with E-state index in [0.717, 1.165) is 26.1 Å². The Morgan fingerprint density at radius 3 is 2.31 bits per heavy atom. The molecule has 1 aliphatic rings. The molecule has 1 atom stereocenters. The fourth-order valence-electron chi connectivity index (χ4n) is 1.03. The predicted octanol–water partition coefficient (Wildman–Crippen LogP) is -3.13. The van der Waals surface area contributed by atoms with E-state index in [1.54, 1.807) is 0 Å². The maximum Gasteiger partial charge on any atom is 1.00 e. The first-order chi connectivity index (χ1) is 6.99. The van der Waals surface area contributed by atoms with Gasteiger partial charge >= 0.3 is 29.6 Å². The smallest absolute Gasteiger partial charge is 0.726 e. The van der Waals surface area contributed by atoms with Crippen LogP contribution in [0.1, 0.15) is 20.3 Å². The van der Waals surface area contributed by atoms with Gasteiger partial charge in [-0.1, -0.05) is 6.92 Å². The fourth-order valence-corrected chi connectivity index (χ4v) is 1.31. The van der Waals surface area contributed by atoms with Gasteiger partial charge in [0.05, 0.1) is 19.3 Å². The van der Waals surface area contributed by atoms with Crippen LogP contribution in [0.4, 0.5) is 0 Å². The Bertz CT molecular complexity index is 241. The zero-order chi connectivity index (χ0) is 11.7. The van der Waals surface area contributed by atoms with Crippen LogP contribution in [0.2, 0.25) is 0 Å². The minimum absolute atomic E-state index is 0.